The molecule has 0 spiro atoms. The van der Waals surface area contributed by atoms with Crippen molar-refractivity contribution in [3.63, 3.8) is 0 Å². The largest absolute Gasteiger partial charge is 0.294 e. The zero-order valence-electron chi connectivity index (χ0n) is 30.6. The second kappa shape index (κ2) is 18.1. The van der Waals surface area contributed by atoms with Gasteiger partial charge in [-0.2, -0.15) is 0 Å². The smallest absolute Gasteiger partial charge is 0.0269 e. The Morgan fingerprint density at radius 3 is 0.846 bits per heavy atom. The molecule has 7 aromatic carbocycles. The molecule has 4 heteroatoms. The molecule has 0 aromatic heterocycles. The third kappa shape index (κ3) is 8.55. The Balaban J connectivity index is 1.27. The van der Waals surface area contributed by atoms with Gasteiger partial charge in [0.2, 0.25) is 0 Å². The minimum atomic E-state index is -0.533. The first-order valence-electron chi connectivity index (χ1n) is 18.8. The highest BCUT2D eigenvalue weighted by molar-refractivity contribution is 7.73. The lowest BCUT2D eigenvalue weighted by atomic mass is 9.91. The van der Waals surface area contributed by atoms with Crippen LogP contribution in [0.3, 0.4) is 0 Å². The number of nitrogens with zero attached hydrogens (tertiary/aromatic N) is 2. The summed E-state index contributed by atoms with van der Waals surface area (Å²) in [6.07, 6.45) is 4.32. The van der Waals surface area contributed by atoms with Gasteiger partial charge >= 0.3 is 0 Å². The fourth-order valence-corrected chi connectivity index (χ4v) is 12.2. The molecular formula is C48H50N2P2. The van der Waals surface area contributed by atoms with Gasteiger partial charge in [-0.05, 0) is 95.7 Å². The van der Waals surface area contributed by atoms with E-state index in [1.54, 1.807) is 0 Å². The first-order chi connectivity index (χ1) is 25.7. The standard InChI is InChI=1S/C48H50N2P2/c1-3-33-49(37-51(39-21-9-5-10-22-39)40-23-11-6-12-24-40)35-47-43-29-17-19-31-45(43)48(46-32-20-18-30-44(46)47)36-50(34-4-2)38-52(41-25-13-7-14-26-41)42-27-15-8-16-28-42/h5-32H,3-4,33-38H2,1-2H3. The summed E-state index contributed by atoms with van der Waals surface area (Å²) in [7, 11) is -1.07. The van der Waals surface area contributed by atoms with E-state index in [2.05, 4.69) is 194 Å². The van der Waals surface area contributed by atoms with Crippen molar-refractivity contribution in [2.24, 2.45) is 0 Å². The van der Waals surface area contributed by atoms with Crippen LogP contribution < -0.4 is 21.2 Å². The lowest BCUT2D eigenvalue weighted by Gasteiger charge is -2.31. The van der Waals surface area contributed by atoms with Crippen LogP contribution in [0.5, 0.6) is 0 Å². The number of benzene rings is 7. The molecule has 0 aliphatic heterocycles. The van der Waals surface area contributed by atoms with Gasteiger partial charge in [-0.1, -0.05) is 184 Å². The van der Waals surface area contributed by atoms with Gasteiger partial charge in [0.05, 0.1) is 0 Å². The summed E-state index contributed by atoms with van der Waals surface area (Å²) >= 11 is 0. The maximum absolute atomic E-state index is 2.73. The molecule has 0 unspecified atom stereocenters. The van der Waals surface area contributed by atoms with Crippen molar-refractivity contribution in [2.45, 2.75) is 39.8 Å². The second-order valence-electron chi connectivity index (χ2n) is 13.6. The van der Waals surface area contributed by atoms with Gasteiger partial charge in [0.15, 0.2) is 0 Å². The molecule has 0 bridgehead atoms. The average Bonchev–Trinajstić information content (AvgIpc) is 3.21. The van der Waals surface area contributed by atoms with Gasteiger partial charge in [-0.3, -0.25) is 9.80 Å². The molecule has 0 aliphatic rings. The third-order valence-corrected chi connectivity index (χ3v) is 15.0. The second-order valence-corrected chi connectivity index (χ2v) is 18.0. The van der Waals surface area contributed by atoms with Crippen molar-refractivity contribution in [2.75, 3.05) is 25.7 Å². The molecule has 7 rings (SSSR count). The van der Waals surface area contributed by atoms with Crippen molar-refractivity contribution in [3.05, 3.63) is 181 Å². The van der Waals surface area contributed by atoms with Gasteiger partial charge in [0.1, 0.15) is 0 Å². The molecule has 7 aromatic rings. The van der Waals surface area contributed by atoms with Gasteiger partial charge < -0.3 is 0 Å². The highest BCUT2D eigenvalue weighted by Gasteiger charge is 2.23. The quantitative estimate of drug-likeness (QED) is 0.0726. The maximum Gasteiger partial charge on any atom is 0.0269 e. The van der Waals surface area contributed by atoms with Crippen LogP contribution in [-0.2, 0) is 13.1 Å². The molecule has 52 heavy (non-hydrogen) atoms. The topological polar surface area (TPSA) is 6.48 Å². The maximum atomic E-state index is 2.73. The minimum Gasteiger partial charge on any atom is -0.294 e. The zero-order chi connectivity index (χ0) is 35.5. The van der Waals surface area contributed by atoms with Crippen LogP contribution in [0, 0.1) is 0 Å². The summed E-state index contributed by atoms with van der Waals surface area (Å²) in [5.41, 5.74) is 2.91. The Hall–Kier alpha value is -4.16. The van der Waals surface area contributed by atoms with Crippen LogP contribution in [0.15, 0.2) is 170 Å². The molecule has 0 radical (unpaired) electrons. The average molecular weight is 717 g/mol. The number of fused-ring (bicyclic) bond motifs is 2. The minimum absolute atomic E-state index is 0.533. The van der Waals surface area contributed by atoms with E-state index in [-0.39, 0.29) is 0 Å². The van der Waals surface area contributed by atoms with E-state index in [0.29, 0.717) is 0 Å². The van der Waals surface area contributed by atoms with E-state index < -0.39 is 15.8 Å². The fourth-order valence-electron chi connectivity index (χ4n) is 7.59. The Morgan fingerprint density at radius 2 is 0.596 bits per heavy atom. The Kier molecular flexibility index (Phi) is 12.6. The molecule has 0 amide bonds. The van der Waals surface area contributed by atoms with Gasteiger partial charge in [0.25, 0.3) is 0 Å². The highest BCUT2D eigenvalue weighted by atomic mass is 31.1. The van der Waals surface area contributed by atoms with E-state index in [9.17, 15) is 0 Å². The molecule has 0 atom stereocenters. The summed E-state index contributed by atoms with van der Waals surface area (Å²) < 4.78 is 0. The Morgan fingerprint density at radius 1 is 0.346 bits per heavy atom. The van der Waals surface area contributed by atoms with Gasteiger partial charge in [-0.15, -0.1) is 0 Å². The SMILES string of the molecule is CCCN(Cc1c2ccccc2c(CN(CCC)CP(c2ccccc2)c2ccccc2)c2ccccc12)CP(c1ccccc1)c1ccccc1. The van der Waals surface area contributed by atoms with Crippen molar-refractivity contribution in [1.82, 2.24) is 9.80 Å². The molecule has 0 aliphatic carbocycles. The van der Waals surface area contributed by atoms with Crippen LogP contribution in [0.1, 0.15) is 37.8 Å². The van der Waals surface area contributed by atoms with Crippen LogP contribution in [0.25, 0.3) is 21.5 Å². The van der Waals surface area contributed by atoms with Gasteiger partial charge in [0, 0.05) is 25.7 Å². The zero-order valence-corrected chi connectivity index (χ0v) is 32.4. The molecular weight excluding hydrogens is 666 g/mol. The molecule has 262 valence electrons. The predicted molar refractivity (Wildman–Crippen MR) is 231 cm³/mol. The summed E-state index contributed by atoms with van der Waals surface area (Å²) in [4.78, 5) is 5.46. The summed E-state index contributed by atoms with van der Waals surface area (Å²) in [6.45, 7) is 8.63. The first-order valence-corrected chi connectivity index (χ1v) is 21.9. The first kappa shape index (κ1) is 36.2. The van der Waals surface area contributed by atoms with E-state index in [1.807, 2.05) is 0 Å². The van der Waals surface area contributed by atoms with E-state index in [0.717, 1.165) is 51.6 Å². The predicted octanol–water partition coefficient (Wildman–Crippen LogP) is 10.6. The molecule has 0 saturated carbocycles. The lowest BCUT2D eigenvalue weighted by Crippen LogP contribution is -2.30. The van der Waals surface area contributed by atoms with E-state index >= 15 is 0 Å². The molecule has 0 fully saturated rings. The normalized spacial score (nSPS) is 11.8. The number of rotatable bonds is 16. The van der Waals surface area contributed by atoms with E-state index in [4.69, 9.17) is 0 Å². The fraction of sp³-hybridized carbons (Fsp3) is 0.208. The van der Waals surface area contributed by atoms with E-state index in [1.165, 1.54) is 53.9 Å². The summed E-state index contributed by atoms with van der Waals surface area (Å²) in [6, 6.07) is 63.2. The highest BCUT2D eigenvalue weighted by Crippen LogP contribution is 2.40. The third-order valence-electron chi connectivity index (χ3n) is 9.95. The summed E-state index contributed by atoms with van der Waals surface area (Å²) in [5, 5.41) is 11.3. The Bertz CT molecular complexity index is 1850. The van der Waals surface area contributed by atoms with Crippen LogP contribution in [0.2, 0.25) is 0 Å². The lowest BCUT2D eigenvalue weighted by molar-refractivity contribution is 0.313. The molecule has 0 N–H and O–H groups in total. The molecule has 0 heterocycles. The van der Waals surface area contributed by atoms with Crippen molar-refractivity contribution in [3.8, 4) is 0 Å². The van der Waals surface area contributed by atoms with Crippen molar-refractivity contribution in [1.29, 1.82) is 0 Å². The monoisotopic (exact) mass is 716 g/mol. The Labute approximate surface area is 313 Å². The van der Waals surface area contributed by atoms with Crippen LogP contribution in [-0.4, -0.2) is 35.5 Å². The summed E-state index contributed by atoms with van der Waals surface area (Å²) in [5.74, 6) is 0. The van der Waals surface area contributed by atoms with Crippen LogP contribution >= 0.6 is 15.8 Å². The van der Waals surface area contributed by atoms with Crippen molar-refractivity contribution < 1.29 is 0 Å². The number of hydrogen-bond acceptors (Lipinski definition) is 2. The molecule has 2 nitrogen and oxygen atoms in total. The van der Waals surface area contributed by atoms with Gasteiger partial charge in [-0.25, -0.2) is 0 Å². The van der Waals surface area contributed by atoms with Crippen molar-refractivity contribution >= 4 is 58.6 Å². The number of hydrogen-bond donors (Lipinski definition) is 0. The molecule has 0 saturated heterocycles. The van der Waals surface area contributed by atoms with Crippen LogP contribution in [0.4, 0.5) is 0 Å².